The smallest absolute Gasteiger partial charge is 0.253 e. The van der Waals surface area contributed by atoms with E-state index in [2.05, 4.69) is 5.32 Å². The highest BCUT2D eigenvalue weighted by molar-refractivity contribution is 6.35. The monoisotopic (exact) mass is 407 g/mol. The van der Waals surface area contributed by atoms with Crippen molar-refractivity contribution in [1.29, 1.82) is 0 Å². The first-order chi connectivity index (χ1) is 12.7. The lowest BCUT2D eigenvalue weighted by molar-refractivity contribution is -0.117. The number of rotatable bonds is 6. The van der Waals surface area contributed by atoms with Crippen LogP contribution in [-0.4, -0.2) is 49.3 Å². The quantitative estimate of drug-likeness (QED) is 0.774. The van der Waals surface area contributed by atoms with Gasteiger partial charge in [-0.1, -0.05) is 29.3 Å². The number of benzene rings is 2. The average molecular weight is 408 g/mol. The van der Waals surface area contributed by atoms with E-state index in [0.717, 1.165) is 5.56 Å². The molecule has 1 N–H and O–H groups in total. The van der Waals surface area contributed by atoms with Crippen LogP contribution in [0.25, 0.3) is 0 Å². The molecule has 2 amide bonds. The van der Waals surface area contributed by atoms with Crippen LogP contribution in [0, 0.1) is 0 Å². The Labute approximate surface area is 169 Å². The molecule has 0 saturated heterocycles. The minimum atomic E-state index is -0.152. The van der Waals surface area contributed by atoms with Crippen LogP contribution in [0.4, 0.5) is 5.69 Å². The van der Waals surface area contributed by atoms with E-state index >= 15 is 0 Å². The van der Waals surface area contributed by atoms with Gasteiger partial charge in [0.05, 0.1) is 6.54 Å². The Hall–Kier alpha value is -2.08. The molecule has 0 spiro atoms. The van der Waals surface area contributed by atoms with Gasteiger partial charge in [-0.2, -0.15) is 0 Å². The van der Waals surface area contributed by atoms with Crippen LogP contribution in [0.2, 0.25) is 10.0 Å². The summed E-state index contributed by atoms with van der Waals surface area (Å²) in [7, 11) is 5.25. The van der Waals surface area contributed by atoms with Gasteiger partial charge in [-0.25, -0.2) is 0 Å². The van der Waals surface area contributed by atoms with Gasteiger partial charge in [0.1, 0.15) is 0 Å². The molecule has 2 aromatic carbocycles. The third kappa shape index (κ3) is 5.70. The van der Waals surface area contributed by atoms with Crippen LogP contribution >= 0.6 is 23.2 Å². The van der Waals surface area contributed by atoms with Crippen molar-refractivity contribution < 1.29 is 9.59 Å². The topological polar surface area (TPSA) is 52.7 Å². The lowest BCUT2D eigenvalue weighted by Crippen LogP contribution is -2.32. The lowest BCUT2D eigenvalue weighted by Gasteiger charge is -2.25. The van der Waals surface area contributed by atoms with Crippen molar-refractivity contribution in [3.63, 3.8) is 0 Å². The lowest BCUT2D eigenvalue weighted by atomic mass is 10.1. The van der Waals surface area contributed by atoms with Gasteiger partial charge in [0.25, 0.3) is 5.91 Å². The summed E-state index contributed by atoms with van der Waals surface area (Å²) in [6.45, 7) is 2.17. The van der Waals surface area contributed by atoms with Crippen molar-refractivity contribution >= 4 is 40.7 Å². The van der Waals surface area contributed by atoms with Gasteiger partial charge in [0, 0.05) is 41.4 Å². The van der Waals surface area contributed by atoms with Crippen molar-refractivity contribution in [2.45, 2.75) is 13.0 Å². The van der Waals surface area contributed by atoms with Crippen LogP contribution in [0.15, 0.2) is 42.5 Å². The summed E-state index contributed by atoms with van der Waals surface area (Å²) in [6.07, 6.45) is 0. The zero-order valence-electron chi connectivity index (χ0n) is 15.8. The third-order valence-corrected chi connectivity index (χ3v) is 4.85. The molecule has 0 fully saturated rings. The maximum atomic E-state index is 12.3. The van der Waals surface area contributed by atoms with Gasteiger partial charge in [0.15, 0.2) is 0 Å². The summed E-state index contributed by atoms with van der Waals surface area (Å²) >= 11 is 12.2. The number of hydrogen-bond acceptors (Lipinski definition) is 3. The maximum absolute atomic E-state index is 12.3. The highest BCUT2D eigenvalue weighted by atomic mass is 35.5. The standard InChI is InChI=1S/C20H23Cl2N3O2/c1-13(17-10-7-15(21)11-18(17)22)25(4)12-19(26)23-16-8-5-14(6-9-16)20(27)24(2)3/h5-11,13H,12H2,1-4H3,(H,23,26)/t13-/m0/s1. The molecule has 2 rings (SSSR count). The minimum absolute atomic E-state index is 0.0550. The predicted molar refractivity (Wildman–Crippen MR) is 111 cm³/mol. The number of anilines is 1. The fourth-order valence-electron chi connectivity index (χ4n) is 2.60. The van der Waals surface area contributed by atoms with E-state index in [1.54, 1.807) is 50.5 Å². The molecule has 0 aromatic heterocycles. The Kier molecular flexibility index (Phi) is 7.25. The van der Waals surface area contributed by atoms with Crippen molar-refractivity contribution in [2.24, 2.45) is 0 Å². The molecule has 144 valence electrons. The number of hydrogen-bond donors (Lipinski definition) is 1. The molecule has 0 heterocycles. The van der Waals surface area contributed by atoms with Gasteiger partial charge in [-0.3, -0.25) is 14.5 Å². The molecular formula is C20H23Cl2N3O2. The maximum Gasteiger partial charge on any atom is 0.253 e. The number of carbonyl (C=O) groups is 2. The molecule has 0 saturated carbocycles. The fourth-order valence-corrected chi connectivity index (χ4v) is 3.16. The largest absolute Gasteiger partial charge is 0.345 e. The van der Waals surface area contributed by atoms with Gasteiger partial charge in [-0.05, 0) is 55.9 Å². The summed E-state index contributed by atoms with van der Waals surface area (Å²) in [5, 5.41) is 3.99. The third-order valence-electron chi connectivity index (χ3n) is 4.29. The van der Waals surface area contributed by atoms with Gasteiger partial charge in [-0.15, -0.1) is 0 Å². The predicted octanol–water partition coefficient (Wildman–Crippen LogP) is 4.33. The Morgan fingerprint density at radius 1 is 1.04 bits per heavy atom. The summed E-state index contributed by atoms with van der Waals surface area (Å²) < 4.78 is 0. The van der Waals surface area contributed by atoms with Crippen LogP contribution < -0.4 is 5.32 Å². The summed E-state index contributed by atoms with van der Waals surface area (Å²) in [4.78, 5) is 27.6. The number of nitrogens with zero attached hydrogens (tertiary/aromatic N) is 2. The Balaban J connectivity index is 1.97. The average Bonchev–Trinajstić information content (AvgIpc) is 2.61. The van der Waals surface area contributed by atoms with Crippen molar-refractivity contribution in [1.82, 2.24) is 9.80 Å². The van der Waals surface area contributed by atoms with Crippen LogP contribution in [0.5, 0.6) is 0 Å². The van der Waals surface area contributed by atoms with Crippen LogP contribution in [0.1, 0.15) is 28.9 Å². The van der Waals surface area contributed by atoms with Crippen molar-refractivity contribution in [2.75, 3.05) is 33.0 Å². The number of carbonyl (C=O) groups excluding carboxylic acids is 2. The normalized spacial score (nSPS) is 12.0. The molecular weight excluding hydrogens is 385 g/mol. The molecule has 5 nitrogen and oxygen atoms in total. The molecule has 0 aliphatic carbocycles. The van der Waals surface area contributed by atoms with Crippen LogP contribution in [0.3, 0.4) is 0 Å². The first-order valence-corrected chi connectivity index (χ1v) is 9.21. The minimum Gasteiger partial charge on any atom is -0.345 e. The first-order valence-electron chi connectivity index (χ1n) is 8.45. The van der Waals surface area contributed by atoms with E-state index in [-0.39, 0.29) is 24.4 Å². The van der Waals surface area contributed by atoms with E-state index in [0.29, 0.717) is 21.3 Å². The zero-order valence-corrected chi connectivity index (χ0v) is 17.3. The summed E-state index contributed by atoms with van der Waals surface area (Å²) in [6, 6.07) is 12.1. The number of halogens is 2. The Bertz CT molecular complexity index is 822. The molecule has 0 aliphatic heterocycles. The van der Waals surface area contributed by atoms with Crippen LogP contribution in [-0.2, 0) is 4.79 Å². The molecule has 1 atom stereocenters. The van der Waals surface area contributed by atoms with Gasteiger partial charge < -0.3 is 10.2 Å². The molecule has 0 radical (unpaired) electrons. The van der Waals surface area contributed by atoms with Crippen molar-refractivity contribution in [3.8, 4) is 0 Å². The highest BCUT2D eigenvalue weighted by Gasteiger charge is 2.18. The molecule has 0 bridgehead atoms. The molecule has 0 unspecified atom stereocenters. The number of likely N-dealkylation sites (N-methyl/N-ethyl adjacent to an activating group) is 1. The second-order valence-electron chi connectivity index (χ2n) is 6.58. The second-order valence-corrected chi connectivity index (χ2v) is 7.43. The molecule has 27 heavy (non-hydrogen) atoms. The summed E-state index contributed by atoms with van der Waals surface area (Å²) in [5.41, 5.74) is 2.12. The molecule has 0 aliphatic rings. The first kappa shape index (κ1) is 21.2. The summed E-state index contributed by atoms with van der Waals surface area (Å²) in [5.74, 6) is -0.234. The van der Waals surface area contributed by atoms with E-state index in [4.69, 9.17) is 23.2 Å². The van der Waals surface area contributed by atoms with E-state index < -0.39 is 0 Å². The number of nitrogens with one attached hydrogen (secondary N) is 1. The van der Waals surface area contributed by atoms with Gasteiger partial charge in [0.2, 0.25) is 5.91 Å². The fraction of sp³-hybridized carbons (Fsp3) is 0.300. The van der Waals surface area contributed by atoms with E-state index in [1.165, 1.54) is 4.90 Å². The number of amides is 2. The molecule has 7 heteroatoms. The molecule has 2 aromatic rings. The van der Waals surface area contributed by atoms with Gasteiger partial charge >= 0.3 is 0 Å². The second kappa shape index (κ2) is 9.22. The highest BCUT2D eigenvalue weighted by Crippen LogP contribution is 2.28. The SMILES string of the molecule is C[C@@H](c1ccc(Cl)cc1Cl)N(C)CC(=O)Nc1ccc(C(=O)N(C)C)cc1. The Morgan fingerprint density at radius 3 is 2.22 bits per heavy atom. The Morgan fingerprint density at radius 2 is 1.67 bits per heavy atom. The zero-order chi connectivity index (χ0) is 20.1. The van der Waals surface area contributed by atoms with Crippen molar-refractivity contribution in [3.05, 3.63) is 63.6 Å². The van der Waals surface area contributed by atoms with E-state index in [1.807, 2.05) is 24.9 Å². The van der Waals surface area contributed by atoms with E-state index in [9.17, 15) is 9.59 Å².